The fourth-order valence-electron chi connectivity index (χ4n) is 3.92. The Kier molecular flexibility index (Phi) is 4.72. The van der Waals surface area contributed by atoms with Crippen LogP contribution >= 0.6 is 0 Å². The average Bonchev–Trinajstić information content (AvgIpc) is 3.08. The highest BCUT2D eigenvalue weighted by atomic mass is 14.9. The molecule has 1 atom stereocenters. The van der Waals surface area contributed by atoms with Gasteiger partial charge in [-0.15, -0.1) is 0 Å². The third kappa shape index (κ3) is 3.19. The maximum Gasteiger partial charge on any atom is 0.0246 e. The van der Waals surface area contributed by atoms with Crippen LogP contribution in [-0.4, -0.2) is 13.1 Å². The first-order valence-corrected chi connectivity index (χ1v) is 8.17. The monoisotopic (exact) mass is 279 g/mol. The van der Waals surface area contributed by atoms with E-state index in [9.17, 15) is 0 Å². The number of rotatable bonds is 5. The smallest absolute Gasteiger partial charge is 0.0246 e. The molecule has 21 heavy (non-hydrogen) atoms. The van der Waals surface area contributed by atoms with Gasteiger partial charge in [0.1, 0.15) is 0 Å². The topological polar surface area (TPSA) is 12.0 Å². The lowest BCUT2D eigenvalue weighted by Gasteiger charge is -2.32. The Bertz CT molecular complexity index is 489. The van der Waals surface area contributed by atoms with Crippen molar-refractivity contribution in [2.75, 3.05) is 7.05 Å². The summed E-state index contributed by atoms with van der Waals surface area (Å²) in [6, 6.07) is 22.5. The van der Waals surface area contributed by atoms with Crippen LogP contribution in [0.1, 0.15) is 42.7 Å². The van der Waals surface area contributed by atoms with Crippen LogP contribution in [-0.2, 0) is 0 Å². The van der Waals surface area contributed by atoms with Crippen LogP contribution in [0.3, 0.4) is 0 Å². The summed E-state index contributed by atoms with van der Waals surface area (Å²) in [5.41, 5.74) is 2.85. The van der Waals surface area contributed by atoms with Crippen LogP contribution < -0.4 is 5.32 Å². The molecule has 0 aromatic heterocycles. The SMILES string of the molecule is CNC(C1CCCC1)C(c1ccccc1)c1ccccc1. The molecular weight excluding hydrogens is 254 g/mol. The van der Waals surface area contributed by atoms with Gasteiger partial charge in [0.05, 0.1) is 0 Å². The summed E-state index contributed by atoms with van der Waals surface area (Å²) >= 11 is 0. The van der Waals surface area contributed by atoms with Crippen molar-refractivity contribution in [3.8, 4) is 0 Å². The number of hydrogen-bond acceptors (Lipinski definition) is 1. The van der Waals surface area contributed by atoms with E-state index in [-0.39, 0.29) is 0 Å². The van der Waals surface area contributed by atoms with Crippen LogP contribution in [0.25, 0.3) is 0 Å². The Morgan fingerprint density at radius 3 is 1.71 bits per heavy atom. The molecule has 0 bridgehead atoms. The second-order valence-corrected chi connectivity index (χ2v) is 6.16. The Morgan fingerprint density at radius 1 is 0.810 bits per heavy atom. The third-order valence-electron chi connectivity index (χ3n) is 4.92. The fourth-order valence-corrected chi connectivity index (χ4v) is 3.92. The highest BCUT2D eigenvalue weighted by molar-refractivity contribution is 5.34. The molecule has 1 unspecified atom stereocenters. The molecule has 1 aliphatic rings. The lowest BCUT2D eigenvalue weighted by atomic mass is 9.78. The van der Waals surface area contributed by atoms with E-state index in [2.05, 4.69) is 73.0 Å². The molecule has 2 aromatic rings. The van der Waals surface area contributed by atoms with Gasteiger partial charge in [-0.05, 0) is 36.9 Å². The average molecular weight is 279 g/mol. The quantitative estimate of drug-likeness (QED) is 0.843. The lowest BCUT2D eigenvalue weighted by molar-refractivity contribution is 0.349. The van der Waals surface area contributed by atoms with Gasteiger partial charge in [-0.1, -0.05) is 73.5 Å². The molecule has 1 heteroatoms. The van der Waals surface area contributed by atoms with Gasteiger partial charge >= 0.3 is 0 Å². The summed E-state index contributed by atoms with van der Waals surface area (Å²) < 4.78 is 0. The molecule has 2 aromatic carbocycles. The van der Waals surface area contributed by atoms with E-state index in [0.29, 0.717) is 12.0 Å². The molecule has 1 aliphatic carbocycles. The van der Waals surface area contributed by atoms with E-state index in [1.165, 1.54) is 36.8 Å². The summed E-state index contributed by atoms with van der Waals surface area (Å²) in [5.74, 6) is 1.24. The predicted octanol–water partition coefficient (Wildman–Crippen LogP) is 4.60. The minimum Gasteiger partial charge on any atom is -0.316 e. The van der Waals surface area contributed by atoms with E-state index in [4.69, 9.17) is 0 Å². The van der Waals surface area contributed by atoms with Crippen molar-refractivity contribution >= 4 is 0 Å². The lowest BCUT2D eigenvalue weighted by Crippen LogP contribution is -2.38. The highest BCUT2D eigenvalue weighted by Gasteiger charge is 2.32. The van der Waals surface area contributed by atoms with Gasteiger partial charge in [-0.3, -0.25) is 0 Å². The van der Waals surface area contributed by atoms with Crippen molar-refractivity contribution < 1.29 is 0 Å². The van der Waals surface area contributed by atoms with Crippen molar-refractivity contribution in [2.45, 2.75) is 37.6 Å². The van der Waals surface area contributed by atoms with Crippen molar-refractivity contribution in [2.24, 2.45) is 5.92 Å². The second kappa shape index (κ2) is 6.91. The second-order valence-electron chi connectivity index (χ2n) is 6.16. The van der Waals surface area contributed by atoms with E-state index in [1.54, 1.807) is 0 Å². The Labute approximate surface area is 128 Å². The molecule has 0 amide bonds. The predicted molar refractivity (Wildman–Crippen MR) is 89.5 cm³/mol. The van der Waals surface area contributed by atoms with Crippen molar-refractivity contribution in [1.29, 1.82) is 0 Å². The summed E-state index contributed by atoms with van der Waals surface area (Å²) in [5, 5.41) is 3.64. The van der Waals surface area contributed by atoms with E-state index in [1.807, 2.05) is 0 Å². The molecule has 0 aliphatic heterocycles. The summed E-state index contributed by atoms with van der Waals surface area (Å²) in [6.45, 7) is 0. The Morgan fingerprint density at radius 2 is 1.29 bits per heavy atom. The van der Waals surface area contributed by atoms with Crippen LogP contribution in [0.2, 0.25) is 0 Å². The summed E-state index contributed by atoms with van der Waals surface area (Å²) in [7, 11) is 2.13. The van der Waals surface area contributed by atoms with Crippen LogP contribution in [0.15, 0.2) is 60.7 Å². The highest BCUT2D eigenvalue weighted by Crippen LogP contribution is 2.37. The first-order valence-electron chi connectivity index (χ1n) is 8.17. The van der Waals surface area contributed by atoms with E-state index < -0.39 is 0 Å². The summed E-state index contributed by atoms with van der Waals surface area (Å²) in [4.78, 5) is 0. The first kappa shape index (κ1) is 14.3. The van der Waals surface area contributed by atoms with Crippen molar-refractivity contribution in [3.63, 3.8) is 0 Å². The van der Waals surface area contributed by atoms with Gasteiger partial charge in [0.15, 0.2) is 0 Å². The zero-order chi connectivity index (χ0) is 14.5. The standard InChI is InChI=1S/C20H25N/c1-21-20(18-14-8-9-15-18)19(16-10-4-2-5-11-16)17-12-6-3-7-13-17/h2-7,10-13,18-21H,8-9,14-15H2,1H3. The molecule has 1 N–H and O–H groups in total. The Hall–Kier alpha value is -1.60. The van der Waals surface area contributed by atoms with E-state index >= 15 is 0 Å². The molecule has 110 valence electrons. The van der Waals surface area contributed by atoms with Gasteiger partial charge in [-0.2, -0.15) is 0 Å². The summed E-state index contributed by atoms with van der Waals surface area (Å²) in [6.07, 6.45) is 5.50. The Balaban J connectivity index is 1.98. The zero-order valence-corrected chi connectivity index (χ0v) is 12.8. The van der Waals surface area contributed by atoms with Crippen LogP contribution in [0.4, 0.5) is 0 Å². The molecule has 0 radical (unpaired) electrons. The molecule has 1 saturated carbocycles. The number of benzene rings is 2. The van der Waals surface area contributed by atoms with Crippen LogP contribution in [0.5, 0.6) is 0 Å². The first-order chi connectivity index (χ1) is 10.4. The molecule has 1 nitrogen and oxygen atoms in total. The normalized spacial score (nSPS) is 17.2. The molecule has 0 heterocycles. The fraction of sp³-hybridized carbons (Fsp3) is 0.400. The largest absolute Gasteiger partial charge is 0.316 e. The number of likely N-dealkylation sites (N-methyl/N-ethyl adjacent to an activating group) is 1. The van der Waals surface area contributed by atoms with Gasteiger partial charge in [0, 0.05) is 12.0 Å². The molecule has 0 saturated heterocycles. The molecular formula is C20H25N. The van der Waals surface area contributed by atoms with Gasteiger partial charge in [0.25, 0.3) is 0 Å². The van der Waals surface area contributed by atoms with Gasteiger partial charge < -0.3 is 5.32 Å². The van der Waals surface area contributed by atoms with Gasteiger partial charge in [-0.25, -0.2) is 0 Å². The van der Waals surface area contributed by atoms with E-state index in [0.717, 1.165) is 5.92 Å². The van der Waals surface area contributed by atoms with Gasteiger partial charge in [0.2, 0.25) is 0 Å². The minimum atomic E-state index is 0.445. The maximum atomic E-state index is 3.64. The number of nitrogens with one attached hydrogen (secondary N) is 1. The third-order valence-corrected chi connectivity index (χ3v) is 4.92. The maximum absolute atomic E-state index is 3.64. The molecule has 1 fully saturated rings. The number of hydrogen-bond donors (Lipinski definition) is 1. The van der Waals surface area contributed by atoms with Crippen molar-refractivity contribution in [1.82, 2.24) is 5.32 Å². The minimum absolute atomic E-state index is 0.445. The molecule has 0 spiro atoms. The molecule has 3 rings (SSSR count). The van der Waals surface area contributed by atoms with Crippen molar-refractivity contribution in [3.05, 3.63) is 71.8 Å². The van der Waals surface area contributed by atoms with Crippen LogP contribution in [0, 0.1) is 5.92 Å². The zero-order valence-electron chi connectivity index (χ0n) is 12.8.